The first-order valence-electron chi connectivity index (χ1n) is 8.00. The van der Waals surface area contributed by atoms with Gasteiger partial charge in [-0.2, -0.15) is 5.10 Å². The summed E-state index contributed by atoms with van der Waals surface area (Å²) in [5.41, 5.74) is 4.75. The zero-order chi connectivity index (χ0) is 18.5. The molecule has 1 amide bonds. The molecule has 2 aromatic carbocycles. The van der Waals surface area contributed by atoms with Crippen molar-refractivity contribution in [2.75, 3.05) is 5.75 Å². The highest BCUT2D eigenvalue weighted by atomic mass is 32.2. The van der Waals surface area contributed by atoms with E-state index < -0.39 is 0 Å². The van der Waals surface area contributed by atoms with Crippen LogP contribution in [0.2, 0.25) is 0 Å². The number of nitrogens with one attached hydrogen (secondary N) is 1. The van der Waals surface area contributed by atoms with Gasteiger partial charge in [0, 0.05) is 18.2 Å². The highest BCUT2D eigenvalue weighted by molar-refractivity contribution is 7.99. The lowest BCUT2D eigenvalue weighted by atomic mass is 10.2. The van der Waals surface area contributed by atoms with E-state index in [9.17, 15) is 15.0 Å². The molecule has 0 saturated carbocycles. The quantitative estimate of drug-likeness (QED) is 0.352. The fourth-order valence-corrected chi connectivity index (χ4v) is 3.32. The lowest BCUT2D eigenvalue weighted by Gasteiger charge is -2.05. The Morgan fingerprint density at radius 3 is 2.88 bits per heavy atom. The molecule has 1 aromatic heterocycles. The van der Waals surface area contributed by atoms with Crippen molar-refractivity contribution < 1.29 is 15.0 Å². The number of aryl methyl sites for hydroxylation is 1. The molecule has 0 spiro atoms. The van der Waals surface area contributed by atoms with Crippen molar-refractivity contribution in [3.05, 3.63) is 48.0 Å². The van der Waals surface area contributed by atoms with Crippen molar-refractivity contribution in [3.8, 4) is 11.5 Å². The molecule has 0 unspecified atom stereocenters. The zero-order valence-corrected chi connectivity index (χ0v) is 14.9. The number of hydrogen-bond donors (Lipinski definition) is 3. The van der Waals surface area contributed by atoms with Crippen molar-refractivity contribution in [1.29, 1.82) is 0 Å². The van der Waals surface area contributed by atoms with Crippen LogP contribution >= 0.6 is 11.8 Å². The minimum Gasteiger partial charge on any atom is -0.508 e. The highest BCUT2D eigenvalue weighted by Crippen LogP contribution is 2.24. The molecule has 0 atom stereocenters. The van der Waals surface area contributed by atoms with Crippen LogP contribution in [-0.4, -0.2) is 37.6 Å². The summed E-state index contributed by atoms with van der Waals surface area (Å²) in [6.07, 6.45) is 1.32. The van der Waals surface area contributed by atoms with Crippen LogP contribution in [0, 0.1) is 0 Å². The van der Waals surface area contributed by atoms with Gasteiger partial charge in [0.05, 0.1) is 23.0 Å². The fraction of sp³-hybridized carbons (Fsp3) is 0.167. The number of phenolic OH excluding ortho intramolecular Hbond substituents is 2. The number of carbonyl (C=O) groups is 1. The molecule has 1 heterocycles. The van der Waals surface area contributed by atoms with Gasteiger partial charge in [0.15, 0.2) is 5.16 Å². The van der Waals surface area contributed by atoms with E-state index in [1.54, 1.807) is 0 Å². The molecule has 26 heavy (non-hydrogen) atoms. The van der Waals surface area contributed by atoms with Gasteiger partial charge in [-0.15, -0.1) is 0 Å². The Hall–Kier alpha value is -3.00. The van der Waals surface area contributed by atoms with E-state index in [4.69, 9.17) is 0 Å². The van der Waals surface area contributed by atoms with Crippen LogP contribution in [0.3, 0.4) is 0 Å². The topological polar surface area (TPSA) is 99.7 Å². The molecule has 134 valence electrons. The van der Waals surface area contributed by atoms with E-state index in [-0.39, 0.29) is 23.2 Å². The van der Waals surface area contributed by atoms with Crippen LogP contribution in [0.25, 0.3) is 11.0 Å². The summed E-state index contributed by atoms with van der Waals surface area (Å²) in [7, 11) is 0. The molecule has 0 fully saturated rings. The number of imidazole rings is 1. The normalized spacial score (nSPS) is 11.3. The number of nitrogens with zero attached hydrogens (tertiary/aromatic N) is 3. The molecule has 0 bridgehead atoms. The molecule has 3 N–H and O–H groups in total. The molecular weight excluding hydrogens is 352 g/mol. The fourth-order valence-electron chi connectivity index (χ4n) is 2.45. The number of phenols is 2. The number of hydrogen-bond acceptors (Lipinski definition) is 6. The lowest BCUT2D eigenvalue weighted by Crippen LogP contribution is -2.20. The van der Waals surface area contributed by atoms with Gasteiger partial charge in [-0.1, -0.05) is 23.9 Å². The Morgan fingerprint density at radius 2 is 2.12 bits per heavy atom. The Morgan fingerprint density at radius 1 is 1.31 bits per heavy atom. The third-order valence-corrected chi connectivity index (χ3v) is 4.65. The summed E-state index contributed by atoms with van der Waals surface area (Å²) in [6, 6.07) is 12.0. The van der Waals surface area contributed by atoms with E-state index >= 15 is 0 Å². The average molecular weight is 370 g/mol. The molecule has 0 aliphatic rings. The van der Waals surface area contributed by atoms with Crippen molar-refractivity contribution in [2.24, 2.45) is 5.10 Å². The monoisotopic (exact) mass is 370 g/mol. The minimum atomic E-state index is -0.278. The number of aromatic hydroxyl groups is 2. The maximum absolute atomic E-state index is 12.0. The maximum atomic E-state index is 12.0. The number of benzene rings is 2. The first-order chi connectivity index (χ1) is 12.6. The Balaban J connectivity index is 1.60. The molecule has 0 radical (unpaired) electrons. The van der Waals surface area contributed by atoms with E-state index in [1.807, 2.05) is 31.2 Å². The van der Waals surface area contributed by atoms with Crippen molar-refractivity contribution in [1.82, 2.24) is 15.0 Å². The third-order valence-electron chi connectivity index (χ3n) is 3.68. The van der Waals surface area contributed by atoms with Gasteiger partial charge in [-0.3, -0.25) is 4.79 Å². The summed E-state index contributed by atoms with van der Waals surface area (Å²) in [5, 5.41) is 23.5. The summed E-state index contributed by atoms with van der Waals surface area (Å²) in [4.78, 5) is 16.5. The SMILES string of the molecule is CCn1c(SCC(=O)NN=Cc2ccc(O)cc2O)nc2ccccc21. The van der Waals surface area contributed by atoms with E-state index in [0.29, 0.717) is 5.56 Å². The van der Waals surface area contributed by atoms with Crippen LogP contribution in [0.15, 0.2) is 52.7 Å². The first kappa shape index (κ1) is 17.8. The summed E-state index contributed by atoms with van der Waals surface area (Å²) in [5.74, 6) is -0.269. The number of fused-ring (bicyclic) bond motifs is 1. The van der Waals surface area contributed by atoms with Gasteiger partial charge in [0.2, 0.25) is 0 Å². The predicted octanol–water partition coefficient (Wildman–Crippen LogP) is 2.71. The van der Waals surface area contributed by atoms with Crippen molar-refractivity contribution in [2.45, 2.75) is 18.6 Å². The largest absolute Gasteiger partial charge is 0.508 e. The Kier molecular flexibility index (Phi) is 5.43. The average Bonchev–Trinajstić information content (AvgIpc) is 2.99. The van der Waals surface area contributed by atoms with Crippen LogP contribution in [0.5, 0.6) is 11.5 Å². The van der Waals surface area contributed by atoms with Gasteiger partial charge in [-0.25, -0.2) is 10.4 Å². The van der Waals surface area contributed by atoms with Gasteiger partial charge < -0.3 is 14.8 Å². The standard InChI is InChI=1S/C18H18N4O3S/c1-2-22-15-6-4-3-5-14(15)20-18(22)26-11-17(25)21-19-10-12-7-8-13(23)9-16(12)24/h3-10,23-24H,2,11H2,1H3,(H,21,25). The summed E-state index contributed by atoms with van der Waals surface area (Å²) >= 11 is 1.34. The second-order valence-corrected chi connectivity index (χ2v) is 6.39. The molecule has 7 nitrogen and oxygen atoms in total. The van der Waals surface area contributed by atoms with E-state index in [1.165, 1.54) is 36.2 Å². The Labute approximate surface area is 154 Å². The number of carbonyl (C=O) groups excluding carboxylic acids is 1. The summed E-state index contributed by atoms with van der Waals surface area (Å²) < 4.78 is 2.06. The number of thioether (sulfide) groups is 1. The second kappa shape index (κ2) is 7.92. The number of hydrazone groups is 1. The number of amides is 1. The Bertz CT molecular complexity index is 968. The summed E-state index contributed by atoms with van der Waals surface area (Å²) in [6.45, 7) is 2.80. The third kappa shape index (κ3) is 3.97. The lowest BCUT2D eigenvalue weighted by molar-refractivity contribution is -0.118. The highest BCUT2D eigenvalue weighted by Gasteiger charge is 2.11. The smallest absolute Gasteiger partial charge is 0.250 e. The molecule has 8 heteroatoms. The number of aromatic nitrogens is 2. The van der Waals surface area contributed by atoms with Crippen LogP contribution in [0.4, 0.5) is 0 Å². The van der Waals surface area contributed by atoms with E-state index in [2.05, 4.69) is 20.1 Å². The molecule has 3 aromatic rings. The molecule has 3 rings (SSSR count). The van der Waals surface area contributed by atoms with Gasteiger partial charge in [0.25, 0.3) is 5.91 Å². The molecule has 0 saturated heterocycles. The second-order valence-electron chi connectivity index (χ2n) is 5.45. The first-order valence-corrected chi connectivity index (χ1v) is 8.99. The molecular formula is C18H18N4O3S. The van der Waals surface area contributed by atoms with Crippen LogP contribution in [0.1, 0.15) is 12.5 Å². The number of rotatable bonds is 6. The number of para-hydroxylation sites is 2. The van der Waals surface area contributed by atoms with Gasteiger partial charge in [-0.05, 0) is 31.2 Å². The van der Waals surface area contributed by atoms with Crippen LogP contribution < -0.4 is 5.43 Å². The van der Waals surface area contributed by atoms with Gasteiger partial charge in [0.1, 0.15) is 11.5 Å². The maximum Gasteiger partial charge on any atom is 0.250 e. The zero-order valence-electron chi connectivity index (χ0n) is 14.1. The minimum absolute atomic E-state index is 0.0427. The molecule has 0 aliphatic heterocycles. The van der Waals surface area contributed by atoms with Crippen molar-refractivity contribution >= 4 is 34.9 Å². The predicted molar refractivity (Wildman–Crippen MR) is 102 cm³/mol. The van der Waals surface area contributed by atoms with Crippen molar-refractivity contribution in [3.63, 3.8) is 0 Å². The molecule has 0 aliphatic carbocycles. The van der Waals surface area contributed by atoms with Crippen LogP contribution in [-0.2, 0) is 11.3 Å². The van der Waals surface area contributed by atoms with Gasteiger partial charge >= 0.3 is 0 Å². The van der Waals surface area contributed by atoms with E-state index in [0.717, 1.165) is 22.7 Å².